The molecule has 0 unspecified atom stereocenters. The third-order valence-electron chi connectivity index (χ3n) is 2.36. The number of carbonyl (C=O) groups is 1. The van der Waals surface area contributed by atoms with E-state index in [1.807, 2.05) is 0 Å². The zero-order chi connectivity index (χ0) is 11.6. The Hall–Kier alpha value is -0.930. The Labute approximate surface area is 93.4 Å². The first-order valence-corrected chi connectivity index (χ1v) is 4.99. The Bertz CT molecular complexity index is 378. The van der Waals surface area contributed by atoms with Gasteiger partial charge in [-0.3, -0.25) is 4.79 Å². The van der Waals surface area contributed by atoms with Gasteiger partial charge in [-0.15, -0.1) is 0 Å². The van der Waals surface area contributed by atoms with Gasteiger partial charge in [0.05, 0.1) is 11.6 Å². The van der Waals surface area contributed by atoms with Crippen molar-refractivity contribution in [2.45, 2.75) is 13.8 Å². The molecule has 0 radical (unpaired) electrons. The van der Waals surface area contributed by atoms with Crippen molar-refractivity contribution in [3.63, 3.8) is 0 Å². The highest BCUT2D eigenvalue weighted by Gasteiger charge is 2.17. The number of benzene rings is 1. The molecule has 0 amide bonds. The first kappa shape index (κ1) is 12.1. The average molecular weight is 230 g/mol. The van der Waals surface area contributed by atoms with E-state index in [1.165, 1.54) is 6.07 Å². The zero-order valence-corrected chi connectivity index (χ0v) is 9.70. The summed E-state index contributed by atoms with van der Waals surface area (Å²) in [5, 5.41) is 2.64. The number of rotatable bonds is 3. The van der Waals surface area contributed by atoms with E-state index in [1.54, 1.807) is 20.9 Å². The van der Waals surface area contributed by atoms with Gasteiger partial charge in [-0.25, -0.2) is 4.39 Å². The molecule has 1 aromatic rings. The lowest BCUT2D eigenvalue weighted by Gasteiger charge is -2.10. The number of ketones is 1. The molecule has 0 aromatic heterocycles. The molecule has 0 fully saturated rings. The van der Waals surface area contributed by atoms with E-state index in [0.29, 0.717) is 0 Å². The lowest BCUT2D eigenvalue weighted by atomic mass is 9.99. The van der Waals surface area contributed by atoms with Crippen LogP contribution in [0.25, 0.3) is 0 Å². The molecule has 0 aliphatic rings. The van der Waals surface area contributed by atoms with E-state index < -0.39 is 5.82 Å². The largest absolute Gasteiger partial charge is 0.313 e. The first-order valence-electron chi connectivity index (χ1n) is 4.62. The van der Waals surface area contributed by atoms with Crippen molar-refractivity contribution in [2.24, 2.45) is 0 Å². The number of halogens is 2. The summed E-state index contributed by atoms with van der Waals surface area (Å²) in [6.07, 6.45) is 0. The standard InChI is InChI=1S/C11H13ClFNO/c1-6-4-8(13)11(12)10(7(6)2)9(15)5-14-3/h4,14H,5H2,1-3H3. The molecule has 1 rings (SSSR count). The predicted octanol–water partition coefficient (Wildman–Crippen LogP) is 2.50. The minimum Gasteiger partial charge on any atom is -0.313 e. The molecule has 0 atom stereocenters. The van der Waals surface area contributed by atoms with Crippen LogP contribution >= 0.6 is 11.6 Å². The van der Waals surface area contributed by atoms with Gasteiger partial charge in [-0.1, -0.05) is 11.6 Å². The van der Waals surface area contributed by atoms with Crippen molar-refractivity contribution in [1.29, 1.82) is 0 Å². The molecule has 0 saturated heterocycles. The summed E-state index contributed by atoms with van der Waals surface area (Å²) in [7, 11) is 1.66. The highest BCUT2D eigenvalue weighted by Crippen LogP contribution is 2.26. The second-order valence-electron chi connectivity index (χ2n) is 3.44. The van der Waals surface area contributed by atoms with E-state index in [0.717, 1.165) is 11.1 Å². The topological polar surface area (TPSA) is 29.1 Å². The van der Waals surface area contributed by atoms with Crippen LogP contribution in [0.1, 0.15) is 21.5 Å². The van der Waals surface area contributed by atoms with Gasteiger partial charge in [-0.05, 0) is 38.1 Å². The number of likely N-dealkylation sites (N-methyl/N-ethyl adjacent to an activating group) is 1. The van der Waals surface area contributed by atoms with Crippen LogP contribution < -0.4 is 5.32 Å². The van der Waals surface area contributed by atoms with Gasteiger partial charge < -0.3 is 5.32 Å². The number of aryl methyl sites for hydroxylation is 1. The molecule has 0 bridgehead atoms. The van der Waals surface area contributed by atoms with Crippen LogP contribution in [0.15, 0.2) is 6.07 Å². The van der Waals surface area contributed by atoms with Crippen molar-refractivity contribution in [3.8, 4) is 0 Å². The number of hydrogen-bond donors (Lipinski definition) is 1. The summed E-state index contributed by atoms with van der Waals surface area (Å²) >= 11 is 5.78. The Morgan fingerprint density at radius 1 is 1.53 bits per heavy atom. The van der Waals surface area contributed by atoms with E-state index in [9.17, 15) is 9.18 Å². The SMILES string of the molecule is CNCC(=O)c1c(C)c(C)cc(F)c1Cl. The molecule has 0 spiro atoms. The second kappa shape index (κ2) is 4.73. The third-order valence-corrected chi connectivity index (χ3v) is 2.72. The van der Waals surface area contributed by atoms with Crippen LogP contribution in [0.5, 0.6) is 0 Å². The number of Topliss-reactive ketones (excluding diaryl/α,β-unsaturated/α-hetero) is 1. The quantitative estimate of drug-likeness (QED) is 0.807. The molecule has 0 aliphatic heterocycles. The lowest BCUT2D eigenvalue weighted by Crippen LogP contribution is -2.20. The molecule has 15 heavy (non-hydrogen) atoms. The average Bonchev–Trinajstić information content (AvgIpc) is 2.16. The molecule has 1 N–H and O–H groups in total. The fourth-order valence-corrected chi connectivity index (χ4v) is 1.73. The van der Waals surface area contributed by atoms with Crippen LogP contribution in [-0.2, 0) is 0 Å². The summed E-state index contributed by atoms with van der Waals surface area (Å²) in [5.74, 6) is -0.734. The van der Waals surface area contributed by atoms with Crippen LogP contribution in [0.4, 0.5) is 4.39 Å². The minimum atomic E-state index is -0.542. The molecule has 4 heteroatoms. The minimum absolute atomic E-state index is 0.0849. The molecule has 0 saturated carbocycles. The summed E-state index contributed by atoms with van der Waals surface area (Å²) in [4.78, 5) is 11.7. The molecule has 1 aromatic carbocycles. The fraction of sp³-hybridized carbons (Fsp3) is 0.364. The summed E-state index contributed by atoms with van der Waals surface area (Å²) < 4.78 is 13.3. The predicted molar refractivity (Wildman–Crippen MR) is 59.1 cm³/mol. The normalized spacial score (nSPS) is 10.5. The van der Waals surface area contributed by atoms with E-state index in [2.05, 4.69) is 5.32 Å². The van der Waals surface area contributed by atoms with E-state index in [-0.39, 0.29) is 22.9 Å². The number of carbonyl (C=O) groups excluding carboxylic acids is 1. The zero-order valence-electron chi connectivity index (χ0n) is 8.95. The molecular weight excluding hydrogens is 217 g/mol. The van der Waals surface area contributed by atoms with Gasteiger partial charge in [0.2, 0.25) is 0 Å². The monoisotopic (exact) mass is 229 g/mol. The van der Waals surface area contributed by atoms with Crippen molar-refractivity contribution >= 4 is 17.4 Å². The first-order chi connectivity index (χ1) is 6.99. The highest BCUT2D eigenvalue weighted by atomic mass is 35.5. The summed E-state index contributed by atoms with van der Waals surface area (Å²) in [6, 6.07) is 1.34. The van der Waals surface area contributed by atoms with Gasteiger partial charge in [0.1, 0.15) is 5.82 Å². The third kappa shape index (κ3) is 2.36. The molecule has 0 heterocycles. The maximum atomic E-state index is 13.3. The van der Waals surface area contributed by atoms with E-state index in [4.69, 9.17) is 11.6 Å². The van der Waals surface area contributed by atoms with Crippen LogP contribution in [0, 0.1) is 19.7 Å². The second-order valence-corrected chi connectivity index (χ2v) is 3.82. The summed E-state index contributed by atoms with van der Waals surface area (Å²) in [6.45, 7) is 3.68. The van der Waals surface area contributed by atoms with E-state index >= 15 is 0 Å². The van der Waals surface area contributed by atoms with Gasteiger partial charge >= 0.3 is 0 Å². The van der Waals surface area contributed by atoms with Crippen LogP contribution in [0.2, 0.25) is 5.02 Å². The maximum Gasteiger partial charge on any atom is 0.178 e. The summed E-state index contributed by atoms with van der Waals surface area (Å²) in [5.41, 5.74) is 1.75. The lowest BCUT2D eigenvalue weighted by molar-refractivity contribution is 0.0992. The Balaban J connectivity index is 3.32. The van der Waals surface area contributed by atoms with Crippen molar-refractivity contribution in [1.82, 2.24) is 5.32 Å². The fourth-order valence-electron chi connectivity index (χ4n) is 1.42. The van der Waals surface area contributed by atoms with Gasteiger partial charge in [-0.2, -0.15) is 0 Å². The van der Waals surface area contributed by atoms with Gasteiger partial charge in [0.25, 0.3) is 0 Å². The Morgan fingerprint density at radius 2 is 2.13 bits per heavy atom. The molecular formula is C11H13ClFNO. The molecule has 2 nitrogen and oxygen atoms in total. The van der Waals surface area contributed by atoms with Gasteiger partial charge in [0, 0.05) is 5.56 Å². The van der Waals surface area contributed by atoms with Crippen molar-refractivity contribution in [2.75, 3.05) is 13.6 Å². The van der Waals surface area contributed by atoms with Crippen molar-refractivity contribution < 1.29 is 9.18 Å². The Morgan fingerprint density at radius 3 is 2.67 bits per heavy atom. The number of nitrogens with one attached hydrogen (secondary N) is 1. The Kier molecular flexibility index (Phi) is 3.83. The van der Waals surface area contributed by atoms with Crippen LogP contribution in [0.3, 0.4) is 0 Å². The molecule has 0 aliphatic carbocycles. The van der Waals surface area contributed by atoms with Gasteiger partial charge in [0.15, 0.2) is 5.78 Å². The highest BCUT2D eigenvalue weighted by molar-refractivity contribution is 6.34. The maximum absolute atomic E-state index is 13.3. The van der Waals surface area contributed by atoms with Crippen molar-refractivity contribution in [3.05, 3.63) is 33.6 Å². The molecule has 82 valence electrons. The number of hydrogen-bond acceptors (Lipinski definition) is 2. The van der Waals surface area contributed by atoms with Crippen LogP contribution in [-0.4, -0.2) is 19.4 Å². The smallest absolute Gasteiger partial charge is 0.178 e.